The summed E-state index contributed by atoms with van der Waals surface area (Å²) in [6.45, 7) is 5.24. The monoisotopic (exact) mass is 266 g/mol. The molecule has 102 valence electrons. The van der Waals surface area contributed by atoms with E-state index in [2.05, 4.69) is 10.0 Å². The Morgan fingerprint density at radius 2 is 2.12 bits per heavy atom. The summed E-state index contributed by atoms with van der Waals surface area (Å²) in [4.78, 5) is 0. The smallest absolute Gasteiger partial charge is 0.214 e. The number of rotatable bonds is 7. The molecule has 0 aromatic rings. The van der Waals surface area contributed by atoms with Crippen LogP contribution in [0.25, 0.3) is 0 Å². The predicted molar refractivity (Wildman–Crippen MR) is 65.5 cm³/mol. The zero-order valence-corrected chi connectivity index (χ0v) is 11.4. The molecule has 6 nitrogen and oxygen atoms in total. The molecule has 7 heteroatoms. The summed E-state index contributed by atoms with van der Waals surface area (Å²) in [5.41, 5.74) is 0. The highest BCUT2D eigenvalue weighted by Gasteiger charge is 2.30. The molecule has 1 heterocycles. The molecule has 1 aliphatic heterocycles. The van der Waals surface area contributed by atoms with Crippen LogP contribution in [0.15, 0.2) is 0 Å². The van der Waals surface area contributed by atoms with Crippen LogP contribution in [0.5, 0.6) is 0 Å². The molecule has 17 heavy (non-hydrogen) atoms. The second-order valence-electron chi connectivity index (χ2n) is 4.40. The van der Waals surface area contributed by atoms with Crippen LogP contribution in [-0.2, 0) is 19.5 Å². The molecule has 0 saturated carbocycles. The summed E-state index contributed by atoms with van der Waals surface area (Å²) in [6.07, 6.45) is -0.0548. The third-order valence-electron chi connectivity index (χ3n) is 2.60. The number of sulfonamides is 1. The lowest BCUT2D eigenvalue weighted by Gasteiger charge is -2.18. The van der Waals surface area contributed by atoms with Gasteiger partial charge in [0.05, 0.1) is 30.6 Å². The number of hydrogen-bond donors (Lipinski definition) is 2. The van der Waals surface area contributed by atoms with E-state index in [4.69, 9.17) is 9.47 Å². The van der Waals surface area contributed by atoms with Crippen LogP contribution < -0.4 is 10.0 Å². The van der Waals surface area contributed by atoms with E-state index in [1.54, 1.807) is 7.11 Å². The maximum absolute atomic E-state index is 11.8. The van der Waals surface area contributed by atoms with Crippen molar-refractivity contribution in [2.75, 3.05) is 32.6 Å². The summed E-state index contributed by atoms with van der Waals surface area (Å²) < 4.78 is 36.6. The molecule has 0 aromatic carbocycles. The van der Waals surface area contributed by atoms with Gasteiger partial charge in [0, 0.05) is 20.2 Å². The second kappa shape index (κ2) is 6.65. The molecular weight excluding hydrogens is 244 g/mol. The van der Waals surface area contributed by atoms with Gasteiger partial charge < -0.3 is 14.8 Å². The number of hydrogen-bond acceptors (Lipinski definition) is 5. The molecule has 0 spiro atoms. The van der Waals surface area contributed by atoms with Crippen LogP contribution in [-0.4, -0.2) is 59.2 Å². The van der Waals surface area contributed by atoms with Crippen LogP contribution in [0.1, 0.15) is 13.8 Å². The van der Waals surface area contributed by atoms with Gasteiger partial charge in [0.25, 0.3) is 0 Å². The second-order valence-corrected chi connectivity index (χ2v) is 6.27. The van der Waals surface area contributed by atoms with E-state index in [0.29, 0.717) is 13.1 Å². The molecule has 1 fully saturated rings. The highest BCUT2D eigenvalue weighted by molar-refractivity contribution is 7.89. The van der Waals surface area contributed by atoms with Gasteiger partial charge in [-0.3, -0.25) is 0 Å². The topological polar surface area (TPSA) is 76.7 Å². The molecule has 0 aromatic heterocycles. The summed E-state index contributed by atoms with van der Waals surface area (Å²) in [5.74, 6) is -0.0158. The molecule has 0 amide bonds. The molecule has 1 aliphatic rings. The molecule has 0 bridgehead atoms. The predicted octanol–water partition coefficient (Wildman–Crippen LogP) is -0.682. The van der Waals surface area contributed by atoms with Crippen molar-refractivity contribution in [2.45, 2.75) is 32.1 Å². The van der Waals surface area contributed by atoms with E-state index in [0.717, 1.165) is 0 Å². The van der Waals surface area contributed by atoms with Crippen LogP contribution in [0.2, 0.25) is 0 Å². The van der Waals surface area contributed by atoms with Gasteiger partial charge in [0.2, 0.25) is 10.0 Å². The average Bonchev–Trinajstić information content (AvgIpc) is 2.63. The van der Waals surface area contributed by atoms with Gasteiger partial charge in [-0.2, -0.15) is 0 Å². The molecule has 0 unspecified atom stereocenters. The largest absolute Gasteiger partial charge is 0.378 e. The summed E-state index contributed by atoms with van der Waals surface area (Å²) in [5, 5.41) is 3.09. The first-order valence-electron chi connectivity index (χ1n) is 5.79. The summed E-state index contributed by atoms with van der Waals surface area (Å²) in [7, 11) is -1.71. The average molecular weight is 266 g/mol. The van der Waals surface area contributed by atoms with Crippen molar-refractivity contribution >= 4 is 10.0 Å². The molecular formula is C10H22N2O4S. The van der Waals surface area contributed by atoms with Gasteiger partial charge in [-0.05, 0) is 13.8 Å². The van der Waals surface area contributed by atoms with E-state index in [-0.39, 0.29) is 30.6 Å². The zero-order valence-electron chi connectivity index (χ0n) is 10.6. The first kappa shape index (κ1) is 14.8. The Hall–Kier alpha value is -0.210. The fourth-order valence-electron chi connectivity index (χ4n) is 1.70. The molecule has 0 aliphatic carbocycles. The molecule has 1 rings (SSSR count). The lowest BCUT2D eigenvalue weighted by atomic mass is 10.2. The molecule has 0 radical (unpaired) electrons. The number of nitrogens with one attached hydrogen (secondary N) is 2. The van der Waals surface area contributed by atoms with Gasteiger partial charge in [-0.1, -0.05) is 0 Å². The standard InChI is InChI=1S/C10H22N2O4S/c1-8(2)16-4-5-17(13,14)12-9-6-11-7-10(9)15-3/h8-12H,4-7H2,1-3H3/t9-,10+/m1/s1. The molecule has 2 N–H and O–H groups in total. The normalized spacial score (nSPS) is 25.6. The Labute approximate surface area is 103 Å². The summed E-state index contributed by atoms with van der Waals surface area (Å²) >= 11 is 0. The van der Waals surface area contributed by atoms with Crippen molar-refractivity contribution in [1.82, 2.24) is 10.0 Å². The third-order valence-corrected chi connectivity index (χ3v) is 3.96. The Kier molecular flexibility index (Phi) is 5.81. The Morgan fingerprint density at radius 1 is 1.41 bits per heavy atom. The van der Waals surface area contributed by atoms with Crippen molar-refractivity contribution in [3.63, 3.8) is 0 Å². The molecule has 1 saturated heterocycles. The van der Waals surface area contributed by atoms with Crippen LogP contribution >= 0.6 is 0 Å². The van der Waals surface area contributed by atoms with Gasteiger partial charge in [-0.15, -0.1) is 0 Å². The van der Waals surface area contributed by atoms with E-state index in [9.17, 15) is 8.42 Å². The Bertz CT molecular complexity index is 318. The van der Waals surface area contributed by atoms with Crippen molar-refractivity contribution in [2.24, 2.45) is 0 Å². The minimum atomic E-state index is -3.30. The van der Waals surface area contributed by atoms with Crippen molar-refractivity contribution in [3.8, 4) is 0 Å². The highest BCUT2D eigenvalue weighted by atomic mass is 32.2. The van der Waals surface area contributed by atoms with Gasteiger partial charge in [-0.25, -0.2) is 13.1 Å². The Balaban J connectivity index is 2.38. The maximum atomic E-state index is 11.8. The lowest BCUT2D eigenvalue weighted by molar-refractivity contribution is 0.0903. The van der Waals surface area contributed by atoms with E-state index in [1.165, 1.54) is 0 Å². The fourth-order valence-corrected chi connectivity index (χ4v) is 2.83. The number of methoxy groups -OCH3 is 1. The summed E-state index contributed by atoms with van der Waals surface area (Å²) in [6, 6.07) is -0.191. The lowest BCUT2D eigenvalue weighted by Crippen LogP contribution is -2.44. The van der Waals surface area contributed by atoms with Gasteiger partial charge in [0.1, 0.15) is 0 Å². The van der Waals surface area contributed by atoms with E-state index >= 15 is 0 Å². The fraction of sp³-hybridized carbons (Fsp3) is 1.00. The van der Waals surface area contributed by atoms with Crippen LogP contribution in [0.4, 0.5) is 0 Å². The van der Waals surface area contributed by atoms with Crippen molar-refractivity contribution < 1.29 is 17.9 Å². The van der Waals surface area contributed by atoms with Crippen molar-refractivity contribution in [3.05, 3.63) is 0 Å². The van der Waals surface area contributed by atoms with Crippen LogP contribution in [0.3, 0.4) is 0 Å². The van der Waals surface area contributed by atoms with Crippen molar-refractivity contribution in [1.29, 1.82) is 0 Å². The SMILES string of the molecule is CO[C@H]1CNC[C@H]1NS(=O)(=O)CCOC(C)C. The number of ether oxygens (including phenoxy) is 2. The van der Waals surface area contributed by atoms with Crippen LogP contribution in [0, 0.1) is 0 Å². The third kappa shape index (κ3) is 5.31. The minimum Gasteiger partial charge on any atom is -0.378 e. The first-order valence-corrected chi connectivity index (χ1v) is 7.45. The Morgan fingerprint density at radius 3 is 2.71 bits per heavy atom. The maximum Gasteiger partial charge on any atom is 0.214 e. The zero-order chi connectivity index (χ0) is 12.9. The van der Waals surface area contributed by atoms with Gasteiger partial charge >= 0.3 is 0 Å². The van der Waals surface area contributed by atoms with Gasteiger partial charge in [0.15, 0.2) is 0 Å². The highest BCUT2D eigenvalue weighted by Crippen LogP contribution is 2.05. The quantitative estimate of drug-likeness (QED) is 0.638. The first-order chi connectivity index (χ1) is 7.94. The van der Waals surface area contributed by atoms with E-state index in [1.807, 2.05) is 13.8 Å². The molecule has 2 atom stereocenters. The minimum absolute atomic E-state index is 0.0158. The van der Waals surface area contributed by atoms with E-state index < -0.39 is 10.0 Å².